The maximum atomic E-state index is 13.3. The number of hydrogen-bond acceptors (Lipinski definition) is 3. The highest BCUT2D eigenvalue weighted by Gasteiger charge is 2.32. The molecule has 1 aliphatic carbocycles. The molecule has 0 spiro atoms. The molecule has 2 heterocycles. The first-order valence-corrected chi connectivity index (χ1v) is 18.2. The standard InChI is InChI=1S/C44H32O3S/c45-48(46)27-34-17-15-31(32-19-20-44-42(26-32)39-13-7-8-14-43(39)47-44)24-40(34)41-25-33(16-18-35(41)28-48)38-22-36(29-9-3-1-4-10-29)21-37(23-38)30-11-5-2-6-12-30/h1-25,42H,26-28H2. The van der Waals surface area contributed by atoms with E-state index in [0.29, 0.717) is 0 Å². The lowest BCUT2D eigenvalue weighted by molar-refractivity contribution is 0.426. The molecule has 3 nitrogen and oxygen atoms in total. The normalized spacial score (nSPS) is 17.0. The van der Waals surface area contributed by atoms with Crippen LogP contribution < -0.4 is 4.74 Å². The fourth-order valence-corrected chi connectivity index (χ4v) is 9.01. The Kier molecular flexibility index (Phi) is 6.80. The Hall–Kier alpha value is -5.45. The van der Waals surface area contributed by atoms with E-state index in [1.165, 1.54) is 11.1 Å². The monoisotopic (exact) mass is 640 g/mol. The average molecular weight is 641 g/mol. The van der Waals surface area contributed by atoms with Gasteiger partial charge in [-0.25, -0.2) is 8.42 Å². The maximum Gasteiger partial charge on any atom is 0.158 e. The van der Waals surface area contributed by atoms with Gasteiger partial charge in [0.15, 0.2) is 9.84 Å². The zero-order valence-electron chi connectivity index (χ0n) is 26.3. The fraction of sp³-hybridized carbons (Fsp3) is 0.0909. The Balaban J connectivity index is 1.17. The molecule has 0 amide bonds. The van der Waals surface area contributed by atoms with E-state index in [9.17, 15) is 8.42 Å². The molecule has 2 aliphatic heterocycles. The molecule has 48 heavy (non-hydrogen) atoms. The van der Waals surface area contributed by atoms with Crippen LogP contribution in [0.1, 0.15) is 34.6 Å². The smallest absolute Gasteiger partial charge is 0.158 e. The van der Waals surface area contributed by atoms with Crippen molar-refractivity contribution in [2.45, 2.75) is 23.8 Å². The summed E-state index contributed by atoms with van der Waals surface area (Å²) in [5.41, 5.74) is 14.0. The Bertz CT molecular complexity index is 2350. The van der Waals surface area contributed by atoms with Crippen molar-refractivity contribution < 1.29 is 13.2 Å². The van der Waals surface area contributed by atoms with Gasteiger partial charge in [0, 0.05) is 11.5 Å². The van der Waals surface area contributed by atoms with E-state index in [-0.39, 0.29) is 17.4 Å². The van der Waals surface area contributed by atoms with Crippen LogP contribution in [0.3, 0.4) is 0 Å². The maximum absolute atomic E-state index is 13.3. The number of para-hydroxylation sites is 1. The summed E-state index contributed by atoms with van der Waals surface area (Å²) in [6.45, 7) is 0. The van der Waals surface area contributed by atoms with E-state index in [0.717, 1.165) is 79.1 Å². The third kappa shape index (κ3) is 5.19. The van der Waals surface area contributed by atoms with Gasteiger partial charge in [-0.1, -0.05) is 109 Å². The Morgan fingerprint density at radius 1 is 0.500 bits per heavy atom. The summed E-state index contributed by atoms with van der Waals surface area (Å²) in [4.78, 5) is 0. The predicted molar refractivity (Wildman–Crippen MR) is 195 cm³/mol. The Labute approximate surface area is 281 Å². The summed E-state index contributed by atoms with van der Waals surface area (Å²) >= 11 is 0. The quantitative estimate of drug-likeness (QED) is 0.193. The van der Waals surface area contributed by atoms with Crippen molar-refractivity contribution in [3.8, 4) is 50.3 Å². The lowest BCUT2D eigenvalue weighted by Crippen LogP contribution is -2.06. The summed E-state index contributed by atoms with van der Waals surface area (Å²) < 4.78 is 32.8. The molecule has 0 N–H and O–H groups in total. The molecule has 0 radical (unpaired) electrons. The van der Waals surface area contributed by atoms with Crippen LogP contribution in [0.25, 0.3) is 50.1 Å². The molecule has 6 aromatic rings. The SMILES string of the molecule is O=S1(=O)Cc2ccc(C3=CC=C4Oc5ccccc5C4C3)cc2-c2cc(-c3cc(-c4ccccc4)cc(-c4ccccc4)c3)ccc2C1. The van der Waals surface area contributed by atoms with E-state index in [1.54, 1.807) is 0 Å². The number of sulfone groups is 1. The second-order valence-corrected chi connectivity index (χ2v) is 15.0. The molecule has 1 unspecified atom stereocenters. The lowest BCUT2D eigenvalue weighted by Gasteiger charge is -2.20. The summed E-state index contributed by atoms with van der Waals surface area (Å²) in [5.74, 6) is 2.17. The van der Waals surface area contributed by atoms with Gasteiger partial charge < -0.3 is 4.74 Å². The first-order chi connectivity index (χ1) is 23.5. The van der Waals surface area contributed by atoms with E-state index < -0.39 is 9.84 Å². The Morgan fingerprint density at radius 3 is 1.69 bits per heavy atom. The van der Waals surface area contributed by atoms with Crippen molar-refractivity contribution in [1.29, 1.82) is 0 Å². The van der Waals surface area contributed by atoms with E-state index in [1.807, 2.05) is 36.4 Å². The van der Waals surface area contributed by atoms with Crippen molar-refractivity contribution in [1.82, 2.24) is 0 Å². The van der Waals surface area contributed by atoms with E-state index in [4.69, 9.17) is 4.74 Å². The molecule has 0 fully saturated rings. The average Bonchev–Trinajstić information content (AvgIpc) is 3.45. The van der Waals surface area contributed by atoms with E-state index >= 15 is 0 Å². The highest BCUT2D eigenvalue weighted by molar-refractivity contribution is 7.89. The van der Waals surface area contributed by atoms with Crippen LogP contribution in [0.15, 0.2) is 157 Å². The van der Waals surface area contributed by atoms with Crippen molar-refractivity contribution >= 4 is 15.4 Å². The highest BCUT2D eigenvalue weighted by atomic mass is 32.2. The van der Waals surface area contributed by atoms with E-state index in [2.05, 4.69) is 115 Å². The molecular formula is C44H32O3S. The van der Waals surface area contributed by atoms with Gasteiger partial charge in [-0.05, 0) is 116 Å². The van der Waals surface area contributed by atoms with Crippen LogP contribution >= 0.6 is 0 Å². The molecule has 0 aromatic heterocycles. The predicted octanol–water partition coefficient (Wildman–Crippen LogP) is 10.6. The first-order valence-electron chi connectivity index (χ1n) is 16.4. The third-order valence-electron chi connectivity index (χ3n) is 9.85. The molecule has 9 rings (SSSR count). The number of hydrogen-bond donors (Lipinski definition) is 0. The number of fused-ring (bicyclic) bond motifs is 6. The van der Waals surface area contributed by atoms with Gasteiger partial charge in [0.25, 0.3) is 0 Å². The minimum absolute atomic E-state index is 0.0247. The van der Waals surface area contributed by atoms with Crippen LogP contribution in [-0.4, -0.2) is 8.42 Å². The number of allylic oxidation sites excluding steroid dienone is 4. The first kappa shape index (κ1) is 28.7. The zero-order valence-corrected chi connectivity index (χ0v) is 27.1. The van der Waals surface area contributed by atoms with Crippen LogP contribution in [0.5, 0.6) is 5.75 Å². The van der Waals surface area contributed by atoms with Gasteiger partial charge in [0.1, 0.15) is 11.5 Å². The van der Waals surface area contributed by atoms with Gasteiger partial charge in [0.05, 0.1) is 11.5 Å². The summed E-state index contributed by atoms with van der Waals surface area (Å²) in [6.07, 6.45) is 5.08. The largest absolute Gasteiger partial charge is 0.461 e. The summed E-state index contributed by atoms with van der Waals surface area (Å²) in [6, 6.07) is 48.5. The molecular weight excluding hydrogens is 609 g/mol. The lowest BCUT2D eigenvalue weighted by atomic mass is 9.83. The second-order valence-electron chi connectivity index (χ2n) is 13.0. The number of ether oxygens (including phenoxy) is 1. The van der Waals surface area contributed by atoms with Crippen LogP contribution in [0, 0.1) is 0 Å². The molecule has 0 bridgehead atoms. The van der Waals surface area contributed by atoms with Gasteiger partial charge in [-0.2, -0.15) is 0 Å². The Morgan fingerprint density at radius 2 is 1.04 bits per heavy atom. The molecule has 4 heteroatoms. The van der Waals surface area contributed by atoms with Crippen LogP contribution in [0.2, 0.25) is 0 Å². The van der Waals surface area contributed by atoms with Gasteiger partial charge in [-0.15, -0.1) is 0 Å². The molecule has 0 saturated heterocycles. The molecule has 3 aliphatic rings. The van der Waals surface area contributed by atoms with Crippen molar-refractivity contribution in [2.24, 2.45) is 0 Å². The molecule has 6 aromatic carbocycles. The second kappa shape index (κ2) is 11.4. The number of rotatable bonds is 4. The summed E-state index contributed by atoms with van der Waals surface area (Å²) in [7, 11) is -3.33. The van der Waals surface area contributed by atoms with Gasteiger partial charge in [-0.3, -0.25) is 0 Å². The fourth-order valence-electron chi connectivity index (χ4n) is 7.46. The van der Waals surface area contributed by atoms with Crippen molar-refractivity contribution in [2.75, 3.05) is 0 Å². The van der Waals surface area contributed by atoms with Gasteiger partial charge in [0.2, 0.25) is 0 Å². The minimum Gasteiger partial charge on any atom is -0.461 e. The topological polar surface area (TPSA) is 43.4 Å². The van der Waals surface area contributed by atoms with Crippen molar-refractivity contribution in [3.63, 3.8) is 0 Å². The number of benzene rings is 6. The summed E-state index contributed by atoms with van der Waals surface area (Å²) in [5, 5.41) is 0. The highest BCUT2D eigenvalue weighted by Crippen LogP contribution is 2.48. The zero-order chi connectivity index (χ0) is 32.2. The minimum atomic E-state index is -3.33. The third-order valence-corrected chi connectivity index (χ3v) is 11.4. The molecule has 0 saturated carbocycles. The van der Waals surface area contributed by atoms with Crippen molar-refractivity contribution in [3.05, 3.63) is 180 Å². The molecule has 232 valence electrons. The van der Waals surface area contributed by atoms with Gasteiger partial charge >= 0.3 is 0 Å². The molecule has 1 atom stereocenters. The van der Waals surface area contributed by atoms with Crippen LogP contribution in [-0.2, 0) is 21.3 Å². The van der Waals surface area contributed by atoms with Crippen LogP contribution in [0.4, 0.5) is 0 Å².